The summed E-state index contributed by atoms with van der Waals surface area (Å²) in [7, 11) is 0. The fourth-order valence-corrected chi connectivity index (χ4v) is 1.85. The zero-order chi connectivity index (χ0) is 16.3. The fraction of sp³-hybridized carbons (Fsp3) is 0.154. The van der Waals surface area contributed by atoms with E-state index in [1.54, 1.807) is 0 Å². The molecule has 0 spiro atoms. The Bertz CT molecular complexity index is 647. The topological polar surface area (TPSA) is 142 Å². The molecule has 9 heteroatoms. The summed E-state index contributed by atoms with van der Waals surface area (Å²) in [6, 6.07) is 4.90. The third kappa shape index (κ3) is 3.45. The molecule has 0 aliphatic carbocycles. The summed E-state index contributed by atoms with van der Waals surface area (Å²) in [6.45, 7) is 0. The molecule has 9 nitrogen and oxygen atoms in total. The van der Waals surface area contributed by atoms with Crippen LogP contribution >= 0.6 is 0 Å². The summed E-state index contributed by atoms with van der Waals surface area (Å²) in [6.07, 6.45) is -0.163. The monoisotopic (exact) mass is 305 g/mol. The highest BCUT2D eigenvalue weighted by Gasteiger charge is 2.39. The highest BCUT2D eigenvalue weighted by atomic mass is 16.4. The van der Waals surface area contributed by atoms with E-state index >= 15 is 0 Å². The molecule has 0 aromatic heterocycles. The average Bonchev–Trinajstić information content (AvgIpc) is 2.39. The number of hydrogen-bond donors (Lipinski definition) is 4. The number of hydrogen-bond acceptors (Lipinski definition) is 5. The van der Waals surface area contributed by atoms with Crippen LogP contribution in [0.5, 0.6) is 0 Å². The molecular weight excluding hydrogens is 294 g/mol. The number of urea groups is 1. The van der Waals surface area contributed by atoms with E-state index in [-0.39, 0.29) is 12.1 Å². The van der Waals surface area contributed by atoms with Gasteiger partial charge in [-0.05, 0) is 17.7 Å². The van der Waals surface area contributed by atoms with Crippen molar-refractivity contribution in [2.45, 2.75) is 6.42 Å². The van der Waals surface area contributed by atoms with Gasteiger partial charge in [0.15, 0.2) is 5.92 Å². The van der Waals surface area contributed by atoms with Crippen molar-refractivity contribution in [1.82, 2.24) is 10.6 Å². The largest absolute Gasteiger partial charge is 0.481 e. The van der Waals surface area contributed by atoms with Gasteiger partial charge in [0.1, 0.15) is 0 Å². The summed E-state index contributed by atoms with van der Waals surface area (Å²) < 4.78 is 0. The first-order valence-electron chi connectivity index (χ1n) is 6.14. The van der Waals surface area contributed by atoms with Crippen LogP contribution in [0.3, 0.4) is 0 Å². The van der Waals surface area contributed by atoms with Crippen molar-refractivity contribution in [2.75, 3.05) is 5.32 Å². The van der Waals surface area contributed by atoms with Crippen molar-refractivity contribution < 1.29 is 29.1 Å². The van der Waals surface area contributed by atoms with Crippen molar-refractivity contribution in [3.63, 3.8) is 0 Å². The second kappa shape index (κ2) is 6.04. The van der Waals surface area contributed by atoms with E-state index in [1.165, 1.54) is 24.3 Å². The number of imide groups is 2. The molecule has 1 aromatic rings. The molecule has 1 saturated heterocycles. The van der Waals surface area contributed by atoms with Crippen molar-refractivity contribution in [3.8, 4) is 0 Å². The summed E-state index contributed by atoms with van der Waals surface area (Å²) in [5.74, 6) is -5.57. The quantitative estimate of drug-likeness (QED) is 0.538. The Labute approximate surface area is 123 Å². The molecule has 1 heterocycles. The Morgan fingerprint density at radius 2 is 1.59 bits per heavy atom. The molecule has 1 fully saturated rings. The molecule has 0 unspecified atom stereocenters. The summed E-state index contributed by atoms with van der Waals surface area (Å²) in [4.78, 5) is 56.4. The molecule has 0 saturated carbocycles. The minimum atomic E-state index is -1.67. The molecule has 2 rings (SSSR count). The number of aliphatic carboxylic acids is 1. The molecule has 114 valence electrons. The third-order valence-electron chi connectivity index (χ3n) is 2.84. The van der Waals surface area contributed by atoms with Crippen LogP contribution in [0.15, 0.2) is 24.3 Å². The molecule has 1 aliphatic rings. The van der Waals surface area contributed by atoms with Gasteiger partial charge in [-0.15, -0.1) is 0 Å². The summed E-state index contributed by atoms with van der Waals surface area (Å²) >= 11 is 0. The number of benzene rings is 1. The van der Waals surface area contributed by atoms with E-state index in [4.69, 9.17) is 5.11 Å². The van der Waals surface area contributed by atoms with Crippen LogP contribution in [0.2, 0.25) is 0 Å². The first kappa shape index (κ1) is 15.2. The van der Waals surface area contributed by atoms with E-state index in [2.05, 4.69) is 5.32 Å². The van der Waals surface area contributed by atoms with Crippen LogP contribution in [0.25, 0.3) is 0 Å². The van der Waals surface area contributed by atoms with Gasteiger partial charge in [0, 0.05) is 5.69 Å². The zero-order valence-electron chi connectivity index (χ0n) is 11.1. The van der Waals surface area contributed by atoms with Crippen LogP contribution in [-0.4, -0.2) is 34.8 Å². The van der Waals surface area contributed by atoms with Crippen LogP contribution in [0.1, 0.15) is 5.56 Å². The molecular formula is C13H11N3O6. The molecule has 1 aliphatic heterocycles. The lowest BCUT2D eigenvalue weighted by Gasteiger charge is -2.19. The van der Waals surface area contributed by atoms with Crippen LogP contribution in [0.4, 0.5) is 10.5 Å². The van der Waals surface area contributed by atoms with Gasteiger partial charge in [0.25, 0.3) is 0 Å². The normalized spacial score (nSPS) is 15.0. The van der Waals surface area contributed by atoms with E-state index < -0.39 is 35.6 Å². The van der Waals surface area contributed by atoms with Crippen molar-refractivity contribution in [2.24, 2.45) is 5.92 Å². The SMILES string of the molecule is O=C(O)Cc1ccc(NC(=O)C2C(=O)NC(=O)NC2=O)cc1. The minimum Gasteiger partial charge on any atom is -0.481 e. The highest BCUT2D eigenvalue weighted by Crippen LogP contribution is 2.13. The van der Waals surface area contributed by atoms with Gasteiger partial charge in [-0.2, -0.15) is 0 Å². The van der Waals surface area contributed by atoms with E-state index in [1.807, 2.05) is 10.6 Å². The summed E-state index contributed by atoms with van der Waals surface area (Å²) in [5, 5.41) is 14.6. The Morgan fingerprint density at radius 3 is 2.09 bits per heavy atom. The molecule has 1 aromatic carbocycles. The number of anilines is 1. The Morgan fingerprint density at radius 1 is 1.05 bits per heavy atom. The molecule has 0 atom stereocenters. The highest BCUT2D eigenvalue weighted by molar-refractivity contribution is 6.28. The predicted molar refractivity (Wildman–Crippen MR) is 71.6 cm³/mol. The van der Waals surface area contributed by atoms with Gasteiger partial charge >= 0.3 is 12.0 Å². The molecule has 4 N–H and O–H groups in total. The number of carbonyl (C=O) groups is 5. The van der Waals surface area contributed by atoms with Gasteiger partial charge in [0.05, 0.1) is 6.42 Å². The van der Waals surface area contributed by atoms with Crippen LogP contribution in [-0.2, 0) is 25.6 Å². The summed E-state index contributed by atoms with van der Waals surface area (Å²) in [5.41, 5.74) is 0.820. The lowest BCUT2D eigenvalue weighted by atomic mass is 10.0. The first-order valence-corrected chi connectivity index (χ1v) is 6.14. The lowest BCUT2D eigenvalue weighted by Crippen LogP contribution is -2.58. The molecule has 0 bridgehead atoms. The smallest absolute Gasteiger partial charge is 0.328 e. The maximum absolute atomic E-state index is 11.9. The number of nitrogens with one attached hydrogen (secondary N) is 3. The first-order chi connectivity index (χ1) is 10.4. The number of amides is 5. The Hall–Kier alpha value is -3.23. The molecule has 0 radical (unpaired) electrons. The van der Waals surface area contributed by atoms with Crippen molar-refractivity contribution >= 4 is 35.4 Å². The number of carbonyl (C=O) groups excluding carboxylic acids is 4. The van der Waals surface area contributed by atoms with Gasteiger partial charge in [0.2, 0.25) is 17.7 Å². The number of carboxylic acid groups (broad SMARTS) is 1. The van der Waals surface area contributed by atoms with E-state index in [9.17, 15) is 24.0 Å². The maximum Gasteiger partial charge on any atom is 0.328 e. The standard InChI is InChI=1S/C13H11N3O6/c17-8(18)5-6-1-3-7(4-2-6)14-10(19)9-11(20)15-13(22)16-12(9)21/h1-4,9H,5H2,(H,14,19)(H,17,18)(H2,15,16,20,21,22). The lowest BCUT2D eigenvalue weighted by molar-refractivity contribution is -0.141. The van der Waals surface area contributed by atoms with Crippen LogP contribution in [0, 0.1) is 5.92 Å². The van der Waals surface area contributed by atoms with Crippen molar-refractivity contribution in [3.05, 3.63) is 29.8 Å². The predicted octanol–water partition coefficient (Wildman–Crippen LogP) is -0.766. The van der Waals surface area contributed by atoms with Crippen LogP contribution < -0.4 is 16.0 Å². The Kier molecular flexibility index (Phi) is 4.16. The second-order valence-electron chi connectivity index (χ2n) is 4.50. The second-order valence-corrected chi connectivity index (χ2v) is 4.50. The zero-order valence-corrected chi connectivity index (χ0v) is 11.1. The minimum absolute atomic E-state index is 0.163. The molecule has 5 amide bonds. The maximum atomic E-state index is 11.9. The van der Waals surface area contributed by atoms with Gasteiger partial charge in [-0.25, -0.2) is 4.79 Å². The number of carboxylic acids is 1. The van der Waals surface area contributed by atoms with Gasteiger partial charge in [-0.3, -0.25) is 29.8 Å². The van der Waals surface area contributed by atoms with Gasteiger partial charge < -0.3 is 10.4 Å². The number of barbiturate groups is 1. The third-order valence-corrected chi connectivity index (χ3v) is 2.84. The fourth-order valence-electron chi connectivity index (χ4n) is 1.85. The van der Waals surface area contributed by atoms with Crippen molar-refractivity contribution in [1.29, 1.82) is 0 Å². The van der Waals surface area contributed by atoms with E-state index in [0.717, 1.165) is 0 Å². The average molecular weight is 305 g/mol. The Balaban J connectivity index is 2.05. The van der Waals surface area contributed by atoms with Gasteiger partial charge in [-0.1, -0.05) is 12.1 Å². The van der Waals surface area contributed by atoms with E-state index in [0.29, 0.717) is 5.56 Å². The number of rotatable bonds is 4. The molecule has 22 heavy (non-hydrogen) atoms.